The lowest BCUT2D eigenvalue weighted by Crippen LogP contribution is -2.19. The van der Waals surface area contributed by atoms with Gasteiger partial charge < -0.3 is 9.84 Å². The zero-order valence-corrected chi connectivity index (χ0v) is 16.2. The largest absolute Gasteiger partial charge is 0.434 e. The zero-order valence-electron chi connectivity index (χ0n) is 16.2. The van der Waals surface area contributed by atoms with Gasteiger partial charge in [0, 0.05) is 18.7 Å². The molecule has 1 N–H and O–H groups in total. The van der Waals surface area contributed by atoms with E-state index in [1.165, 1.54) is 7.05 Å². The maximum Gasteiger partial charge on any atom is 0.434 e. The number of hydrogen-bond donors (Lipinski definition) is 1. The van der Waals surface area contributed by atoms with Crippen molar-refractivity contribution in [1.82, 2.24) is 20.3 Å². The quantitative estimate of drug-likeness (QED) is 0.453. The SMILES string of the molecule is CNC(=O)c1c(-c2ccccc2)noc1-c1cnn(-c2cc(F)cc(F)c2)c1C(F)(F)F. The molecule has 2 aromatic carbocycles. The Kier molecular flexibility index (Phi) is 5.25. The summed E-state index contributed by atoms with van der Waals surface area (Å²) in [5.74, 6) is -3.39. The van der Waals surface area contributed by atoms with Crippen LogP contribution in [-0.2, 0) is 6.18 Å². The van der Waals surface area contributed by atoms with Crippen molar-refractivity contribution < 1.29 is 31.3 Å². The van der Waals surface area contributed by atoms with Crippen LogP contribution < -0.4 is 5.32 Å². The maximum atomic E-state index is 14.0. The molecule has 11 heteroatoms. The summed E-state index contributed by atoms with van der Waals surface area (Å²) in [5, 5.41) is 9.82. The fraction of sp³-hybridized carbons (Fsp3) is 0.0952. The first-order valence-corrected chi connectivity index (χ1v) is 9.10. The van der Waals surface area contributed by atoms with Gasteiger partial charge in [0.05, 0.1) is 17.4 Å². The van der Waals surface area contributed by atoms with Gasteiger partial charge in [0.25, 0.3) is 5.91 Å². The van der Waals surface area contributed by atoms with E-state index in [0.717, 1.165) is 6.20 Å². The van der Waals surface area contributed by atoms with E-state index in [9.17, 15) is 26.7 Å². The van der Waals surface area contributed by atoms with Gasteiger partial charge in [0.2, 0.25) is 0 Å². The van der Waals surface area contributed by atoms with E-state index in [4.69, 9.17) is 4.52 Å². The molecule has 0 aliphatic heterocycles. The average Bonchev–Trinajstić information content (AvgIpc) is 3.37. The highest BCUT2D eigenvalue weighted by Gasteiger charge is 2.41. The molecule has 0 aliphatic carbocycles. The smallest absolute Gasteiger partial charge is 0.355 e. The van der Waals surface area contributed by atoms with E-state index in [0.29, 0.717) is 28.4 Å². The number of nitrogens with zero attached hydrogens (tertiary/aromatic N) is 3. The predicted octanol–water partition coefficient (Wildman–Crippen LogP) is 4.85. The van der Waals surface area contributed by atoms with E-state index in [-0.39, 0.29) is 11.3 Å². The van der Waals surface area contributed by atoms with E-state index < -0.39 is 46.4 Å². The maximum absolute atomic E-state index is 14.0. The first kappa shape index (κ1) is 21.2. The molecule has 4 aromatic rings. The summed E-state index contributed by atoms with van der Waals surface area (Å²) in [6, 6.07) is 10.2. The molecular weight excluding hydrogens is 435 g/mol. The van der Waals surface area contributed by atoms with Crippen molar-refractivity contribution in [3.05, 3.63) is 77.6 Å². The van der Waals surface area contributed by atoms with Crippen molar-refractivity contribution in [3.63, 3.8) is 0 Å². The van der Waals surface area contributed by atoms with Crippen LogP contribution in [0.15, 0.2) is 59.3 Å². The fourth-order valence-corrected chi connectivity index (χ4v) is 3.25. The van der Waals surface area contributed by atoms with Gasteiger partial charge in [-0.15, -0.1) is 0 Å². The Morgan fingerprint density at radius 2 is 1.72 bits per heavy atom. The van der Waals surface area contributed by atoms with Gasteiger partial charge in [-0.05, 0) is 12.1 Å². The Balaban J connectivity index is 1.98. The van der Waals surface area contributed by atoms with E-state index in [1.807, 2.05) is 0 Å². The van der Waals surface area contributed by atoms with Gasteiger partial charge in [-0.2, -0.15) is 18.3 Å². The van der Waals surface area contributed by atoms with Crippen LogP contribution in [0.4, 0.5) is 22.0 Å². The van der Waals surface area contributed by atoms with Crippen molar-refractivity contribution in [2.75, 3.05) is 7.05 Å². The molecule has 1 amide bonds. The van der Waals surface area contributed by atoms with E-state index in [1.54, 1.807) is 30.3 Å². The second-order valence-corrected chi connectivity index (χ2v) is 6.62. The number of amides is 1. The molecule has 0 unspecified atom stereocenters. The highest BCUT2D eigenvalue weighted by atomic mass is 19.4. The Bertz CT molecular complexity index is 1280. The van der Waals surface area contributed by atoms with Gasteiger partial charge in [0.15, 0.2) is 11.5 Å². The first-order valence-electron chi connectivity index (χ1n) is 9.10. The summed E-state index contributed by atoms with van der Waals surface area (Å²) < 4.78 is 74.9. The summed E-state index contributed by atoms with van der Waals surface area (Å²) in [6.45, 7) is 0. The topological polar surface area (TPSA) is 73.0 Å². The molecular formula is C21H13F5N4O2. The Morgan fingerprint density at radius 3 is 2.31 bits per heavy atom. The molecule has 0 aliphatic rings. The number of hydrogen-bond acceptors (Lipinski definition) is 4. The molecule has 164 valence electrons. The second-order valence-electron chi connectivity index (χ2n) is 6.62. The van der Waals surface area contributed by atoms with E-state index in [2.05, 4.69) is 15.6 Å². The van der Waals surface area contributed by atoms with Crippen molar-refractivity contribution in [1.29, 1.82) is 0 Å². The van der Waals surface area contributed by atoms with Crippen LogP contribution in [0.3, 0.4) is 0 Å². The average molecular weight is 448 g/mol. The van der Waals surface area contributed by atoms with Gasteiger partial charge >= 0.3 is 6.18 Å². The highest BCUT2D eigenvalue weighted by Crippen LogP contribution is 2.41. The second kappa shape index (κ2) is 7.91. The standard InChI is InChI=1S/C21H13F5N4O2/c1-27-20(31)16-17(11-5-3-2-4-6-11)29-32-18(16)15-10-28-30(19(15)21(24,25)26)14-8-12(22)7-13(23)9-14/h2-10H,1H3,(H,27,31). The van der Waals surface area contributed by atoms with Gasteiger partial charge in [-0.25, -0.2) is 13.5 Å². The molecule has 32 heavy (non-hydrogen) atoms. The Morgan fingerprint density at radius 1 is 1.06 bits per heavy atom. The molecule has 0 radical (unpaired) electrons. The first-order chi connectivity index (χ1) is 15.2. The van der Waals surface area contributed by atoms with Crippen molar-refractivity contribution in [2.45, 2.75) is 6.18 Å². The number of halogens is 5. The number of rotatable bonds is 4. The van der Waals surface area contributed by atoms with Crippen molar-refractivity contribution in [2.24, 2.45) is 0 Å². The number of alkyl halides is 3. The summed E-state index contributed by atoms with van der Waals surface area (Å²) in [5.41, 5.74) is -2.27. The van der Waals surface area contributed by atoms with Crippen LogP contribution in [0.2, 0.25) is 0 Å². The molecule has 0 saturated heterocycles. The number of aromatic nitrogens is 3. The molecule has 0 atom stereocenters. The van der Waals surface area contributed by atoms with Gasteiger partial charge in [-0.1, -0.05) is 35.5 Å². The third-order valence-corrected chi connectivity index (χ3v) is 4.57. The van der Waals surface area contributed by atoms with E-state index >= 15 is 0 Å². The number of nitrogens with one attached hydrogen (secondary N) is 1. The molecule has 6 nitrogen and oxygen atoms in total. The lowest BCUT2D eigenvalue weighted by molar-refractivity contribution is -0.142. The van der Waals surface area contributed by atoms with Crippen LogP contribution in [0.25, 0.3) is 28.3 Å². The van der Waals surface area contributed by atoms with Gasteiger partial charge in [-0.3, -0.25) is 4.79 Å². The number of carbonyl (C=O) groups is 1. The fourth-order valence-electron chi connectivity index (χ4n) is 3.25. The predicted molar refractivity (Wildman–Crippen MR) is 103 cm³/mol. The van der Waals surface area contributed by atoms with Crippen LogP contribution in [0.1, 0.15) is 16.1 Å². The molecule has 0 bridgehead atoms. The summed E-state index contributed by atoms with van der Waals surface area (Å²) in [6.07, 6.45) is -4.22. The van der Waals surface area contributed by atoms with Crippen LogP contribution in [0, 0.1) is 11.6 Å². The zero-order chi connectivity index (χ0) is 23.0. The summed E-state index contributed by atoms with van der Waals surface area (Å²) in [4.78, 5) is 12.6. The number of benzene rings is 2. The highest BCUT2D eigenvalue weighted by molar-refractivity contribution is 6.05. The minimum absolute atomic E-state index is 0.0256. The minimum Gasteiger partial charge on any atom is -0.355 e. The minimum atomic E-state index is -5.02. The monoisotopic (exact) mass is 448 g/mol. The Hall–Kier alpha value is -4.02. The molecule has 0 fully saturated rings. The molecule has 2 heterocycles. The van der Waals surface area contributed by atoms with Gasteiger partial charge in [0.1, 0.15) is 22.9 Å². The lowest BCUT2D eigenvalue weighted by Gasteiger charge is -2.12. The summed E-state index contributed by atoms with van der Waals surface area (Å²) in [7, 11) is 1.30. The van der Waals surface area contributed by atoms with Crippen molar-refractivity contribution in [3.8, 4) is 28.3 Å². The third-order valence-electron chi connectivity index (χ3n) is 4.57. The lowest BCUT2D eigenvalue weighted by atomic mass is 10.0. The van der Waals surface area contributed by atoms with Crippen LogP contribution in [0.5, 0.6) is 0 Å². The third kappa shape index (κ3) is 3.72. The van der Waals surface area contributed by atoms with Crippen LogP contribution in [-0.4, -0.2) is 27.9 Å². The molecule has 0 saturated carbocycles. The summed E-state index contributed by atoms with van der Waals surface area (Å²) >= 11 is 0. The van der Waals surface area contributed by atoms with Crippen molar-refractivity contribution >= 4 is 5.91 Å². The van der Waals surface area contributed by atoms with Crippen LogP contribution >= 0.6 is 0 Å². The number of carbonyl (C=O) groups excluding carboxylic acids is 1. The molecule has 2 aromatic heterocycles. The normalized spacial score (nSPS) is 11.6. The molecule has 0 spiro atoms. The Labute approximate surface area is 177 Å². The molecule has 4 rings (SSSR count).